The van der Waals surface area contributed by atoms with Gasteiger partial charge in [0.2, 0.25) is 0 Å². The summed E-state index contributed by atoms with van der Waals surface area (Å²) in [5, 5.41) is 14.2. The number of hydrogen-bond donors (Lipinski definition) is 2. The van der Waals surface area contributed by atoms with Gasteiger partial charge in [-0.2, -0.15) is 10.2 Å². The molecule has 23 heavy (non-hydrogen) atoms. The third kappa shape index (κ3) is 3.01. The number of para-hydroxylation sites is 1. The van der Waals surface area contributed by atoms with Crippen molar-refractivity contribution in [1.29, 1.82) is 0 Å². The summed E-state index contributed by atoms with van der Waals surface area (Å²) in [5.74, 6) is 0.397. The van der Waals surface area contributed by atoms with Gasteiger partial charge in [0.25, 0.3) is 5.91 Å². The molecule has 4 rings (SSSR count). The summed E-state index contributed by atoms with van der Waals surface area (Å²) in [7, 11) is 0. The Labute approximate surface area is 133 Å². The topological polar surface area (TPSA) is 75.6 Å². The highest BCUT2D eigenvalue weighted by molar-refractivity contribution is 5.92. The third-order valence-corrected chi connectivity index (χ3v) is 3.96. The van der Waals surface area contributed by atoms with Crippen molar-refractivity contribution in [3.05, 3.63) is 65.7 Å². The molecule has 2 N–H and O–H groups in total. The highest BCUT2D eigenvalue weighted by Crippen LogP contribution is 2.38. The molecular weight excluding hydrogens is 290 g/mol. The fraction of sp³-hybridized carbons (Fsp3) is 0.235. The molecule has 0 aliphatic heterocycles. The number of aromatic nitrogens is 4. The number of aromatic amines is 1. The van der Waals surface area contributed by atoms with E-state index < -0.39 is 0 Å². The van der Waals surface area contributed by atoms with Crippen molar-refractivity contribution >= 4 is 5.91 Å². The Morgan fingerprint density at radius 3 is 2.91 bits per heavy atom. The van der Waals surface area contributed by atoms with Gasteiger partial charge in [-0.1, -0.05) is 18.2 Å². The van der Waals surface area contributed by atoms with E-state index in [1.807, 2.05) is 42.6 Å². The van der Waals surface area contributed by atoms with Crippen molar-refractivity contribution in [3.8, 4) is 5.69 Å². The van der Waals surface area contributed by atoms with Crippen LogP contribution in [0.25, 0.3) is 5.69 Å². The molecule has 0 bridgehead atoms. The Morgan fingerprint density at radius 2 is 2.13 bits per heavy atom. The molecule has 2 aromatic heterocycles. The molecule has 3 aromatic rings. The zero-order chi connectivity index (χ0) is 15.6. The van der Waals surface area contributed by atoms with Crippen molar-refractivity contribution in [3.63, 3.8) is 0 Å². The average Bonchev–Trinajstić information content (AvgIpc) is 3.14. The van der Waals surface area contributed by atoms with Crippen LogP contribution in [0.1, 0.15) is 40.5 Å². The van der Waals surface area contributed by atoms with Crippen LogP contribution in [0.4, 0.5) is 0 Å². The van der Waals surface area contributed by atoms with Gasteiger partial charge < -0.3 is 5.32 Å². The molecule has 0 saturated heterocycles. The van der Waals surface area contributed by atoms with Crippen LogP contribution in [0.15, 0.2) is 48.8 Å². The maximum Gasteiger partial charge on any atom is 0.272 e. The normalized spacial score (nSPS) is 13.9. The van der Waals surface area contributed by atoms with Crippen LogP contribution in [0.2, 0.25) is 0 Å². The van der Waals surface area contributed by atoms with E-state index in [1.54, 1.807) is 10.9 Å². The fourth-order valence-electron chi connectivity index (χ4n) is 2.50. The molecule has 1 saturated carbocycles. The summed E-state index contributed by atoms with van der Waals surface area (Å²) < 4.78 is 1.79. The largest absolute Gasteiger partial charge is 0.346 e. The second-order valence-electron chi connectivity index (χ2n) is 5.79. The van der Waals surface area contributed by atoms with Crippen molar-refractivity contribution in [2.24, 2.45) is 0 Å². The third-order valence-electron chi connectivity index (χ3n) is 3.96. The van der Waals surface area contributed by atoms with Crippen LogP contribution in [0, 0.1) is 0 Å². The predicted molar refractivity (Wildman–Crippen MR) is 85.3 cm³/mol. The van der Waals surface area contributed by atoms with E-state index in [0.717, 1.165) is 16.9 Å². The minimum atomic E-state index is -0.166. The van der Waals surface area contributed by atoms with E-state index in [-0.39, 0.29) is 5.91 Å². The van der Waals surface area contributed by atoms with Crippen molar-refractivity contribution in [2.75, 3.05) is 0 Å². The van der Waals surface area contributed by atoms with Gasteiger partial charge in [-0.05, 0) is 31.0 Å². The standard InChI is InChI=1S/C17H17N5O/c23-17(16-8-15(20-21-16)13-6-7-13)18-9-12-10-19-22(11-12)14-4-2-1-3-5-14/h1-5,8,10-11,13H,6-7,9H2,(H,18,23)(H,20,21). The predicted octanol–water partition coefficient (Wildman–Crippen LogP) is 2.40. The number of rotatable bonds is 5. The van der Waals surface area contributed by atoms with E-state index in [4.69, 9.17) is 0 Å². The van der Waals surface area contributed by atoms with Crippen LogP contribution in [-0.2, 0) is 6.54 Å². The number of benzene rings is 1. The molecule has 6 nitrogen and oxygen atoms in total. The second-order valence-corrected chi connectivity index (χ2v) is 5.79. The van der Waals surface area contributed by atoms with E-state index >= 15 is 0 Å². The lowest BCUT2D eigenvalue weighted by atomic mass is 10.2. The maximum absolute atomic E-state index is 12.1. The van der Waals surface area contributed by atoms with E-state index in [1.165, 1.54) is 12.8 Å². The monoisotopic (exact) mass is 307 g/mol. The number of hydrogen-bond acceptors (Lipinski definition) is 3. The summed E-state index contributed by atoms with van der Waals surface area (Å²) in [5.41, 5.74) is 3.45. The fourth-order valence-corrected chi connectivity index (χ4v) is 2.50. The summed E-state index contributed by atoms with van der Waals surface area (Å²) >= 11 is 0. The summed E-state index contributed by atoms with van der Waals surface area (Å²) in [6.07, 6.45) is 6.03. The van der Waals surface area contributed by atoms with Crippen molar-refractivity contribution in [1.82, 2.24) is 25.3 Å². The molecule has 0 unspecified atom stereocenters. The molecule has 1 aliphatic rings. The highest BCUT2D eigenvalue weighted by Gasteiger charge is 2.26. The van der Waals surface area contributed by atoms with Crippen LogP contribution in [0.5, 0.6) is 0 Å². The first-order chi connectivity index (χ1) is 11.3. The van der Waals surface area contributed by atoms with Gasteiger partial charge in [-0.25, -0.2) is 4.68 Å². The van der Waals surface area contributed by atoms with E-state index in [0.29, 0.717) is 18.2 Å². The number of amides is 1. The first-order valence-corrected chi connectivity index (χ1v) is 7.72. The van der Waals surface area contributed by atoms with Gasteiger partial charge in [0, 0.05) is 29.9 Å². The smallest absolute Gasteiger partial charge is 0.272 e. The Balaban J connectivity index is 1.38. The molecule has 1 aliphatic carbocycles. The molecule has 2 heterocycles. The molecule has 1 amide bonds. The maximum atomic E-state index is 12.1. The van der Waals surface area contributed by atoms with Gasteiger partial charge in [0.1, 0.15) is 5.69 Å². The number of carbonyl (C=O) groups is 1. The molecule has 116 valence electrons. The molecule has 0 spiro atoms. The van der Waals surface area contributed by atoms with Crippen LogP contribution in [0.3, 0.4) is 0 Å². The quantitative estimate of drug-likeness (QED) is 0.760. The van der Waals surface area contributed by atoms with Crippen LogP contribution < -0.4 is 5.32 Å². The lowest BCUT2D eigenvalue weighted by Crippen LogP contribution is -2.22. The minimum absolute atomic E-state index is 0.166. The van der Waals surface area contributed by atoms with Gasteiger partial charge in [-0.3, -0.25) is 9.89 Å². The molecular formula is C17H17N5O. The molecule has 1 fully saturated rings. The van der Waals surface area contributed by atoms with Crippen LogP contribution >= 0.6 is 0 Å². The zero-order valence-electron chi connectivity index (χ0n) is 12.6. The van der Waals surface area contributed by atoms with Gasteiger partial charge in [0.15, 0.2) is 0 Å². The number of H-pyrrole nitrogens is 1. The van der Waals surface area contributed by atoms with Gasteiger partial charge >= 0.3 is 0 Å². The summed E-state index contributed by atoms with van der Waals surface area (Å²) in [6, 6.07) is 11.7. The number of carbonyl (C=O) groups excluding carboxylic acids is 1. The van der Waals surface area contributed by atoms with Crippen molar-refractivity contribution < 1.29 is 4.79 Å². The zero-order valence-corrected chi connectivity index (χ0v) is 12.6. The lowest BCUT2D eigenvalue weighted by Gasteiger charge is -2.01. The highest BCUT2D eigenvalue weighted by atomic mass is 16.1. The summed E-state index contributed by atoms with van der Waals surface area (Å²) in [6.45, 7) is 0.428. The van der Waals surface area contributed by atoms with Crippen molar-refractivity contribution in [2.45, 2.75) is 25.3 Å². The molecule has 0 atom stereocenters. The van der Waals surface area contributed by atoms with Gasteiger partial charge in [0.05, 0.1) is 11.9 Å². The minimum Gasteiger partial charge on any atom is -0.346 e. The first-order valence-electron chi connectivity index (χ1n) is 7.72. The Morgan fingerprint density at radius 1 is 1.30 bits per heavy atom. The van der Waals surface area contributed by atoms with E-state index in [9.17, 15) is 4.79 Å². The Bertz CT molecular complexity index is 816. The average molecular weight is 307 g/mol. The van der Waals surface area contributed by atoms with Gasteiger partial charge in [-0.15, -0.1) is 0 Å². The number of nitrogens with zero attached hydrogens (tertiary/aromatic N) is 3. The Kier molecular flexibility index (Phi) is 3.42. The van der Waals surface area contributed by atoms with E-state index in [2.05, 4.69) is 20.6 Å². The SMILES string of the molecule is O=C(NCc1cnn(-c2ccccc2)c1)c1cc(C2CC2)[nH]n1. The summed E-state index contributed by atoms with van der Waals surface area (Å²) in [4.78, 5) is 12.1. The Hall–Kier alpha value is -2.89. The lowest BCUT2D eigenvalue weighted by molar-refractivity contribution is 0.0946. The number of nitrogens with one attached hydrogen (secondary N) is 2. The molecule has 1 aromatic carbocycles. The molecule has 6 heteroatoms. The first kappa shape index (κ1) is 13.8. The second kappa shape index (κ2) is 5.72. The molecule has 0 radical (unpaired) electrons. The van der Waals surface area contributed by atoms with Crippen LogP contribution in [-0.4, -0.2) is 25.9 Å².